The van der Waals surface area contributed by atoms with Crippen LogP contribution in [0.2, 0.25) is 0 Å². The van der Waals surface area contributed by atoms with Crippen molar-refractivity contribution in [3.8, 4) is 11.3 Å². The van der Waals surface area contributed by atoms with Crippen molar-refractivity contribution in [1.82, 2.24) is 9.88 Å². The molecule has 0 saturated heterocycles. The van der Waals surface area contributed by atoms with Crippen LogP contribution < -0.4 is 4.90 Å². The topological polar surface area (TPSA) is 36.4 Å². The lowest BCUT2D eigenvalue weighted by Gasteiger charge is -2.23. The number of hydrogen-bond donors (Lipinski definition) is 0. The molecule has 0 radical (unpaired) electrons. The van der Waals surface area contributed by atoms with Crippen LogP contribution in [-0.4, -0.2) is 42.0 Å². The van der Waals surface area contributed by atoms with Crippen molar-refractivity contribution in [2.75, 3.05) is 31.1 Å². The minimum atomic E-state index is 0.0246. The molecule has 0 N–H and O–H groups in total. The van der Waals surface area contributed by atoms with Crippen LogP contribution in [0.1, 0.15) is 36.2 Å². The molecule has 0 saturated carbocycles. The van der Waals surface area contributed by atoms with E-state index in [1.54, 1.807) is 0 Å². The maximum absolute atomic E-state index is 13.4. The molecule has 1 heterocycles. The van der Waals surface area contributed by atoms with E-state index in [0.717, 1.165) is 53.6 Å². The van der Waals surface area contributed by atoms with E-state index >= 15 is 0 Å². The van der Waals surface area contributed by atoms with Crippen molar-refractivity contribution in [3.05, 3.63) is 71.1 Å². The largest absolute Gasteiger partial charge is 0.304 e. The third kappa shape index (κ3) is 5.31. The van der Waals surface area contributed by atoms with Crippen molar-refractivity contribution in [2.45, 2.75) is 27.2 Å². The summed E-state index contributed by atoms with van der Waals surface area (Å²) in [6, 6.07) is 17.9. The van der Waals surface area contributed by atoms with Crippen LogP contribution in [0.5, 0.6) is 0 Å². The number of nitrogens with zero attached hydrogens (tertiary/aromatic N) is 3. The molecule has 3 aromatic rings. The van der Waals surface area contributed by atoms with Crippen molar-refractivity contribution < 1.29 is 4.79 Å². The number of hydrogen-bond acceptors (Lipinski definition) is 4. The van der Waals surface area contributed by atoms with E-state index in [4.69, 9.17) is 4.98 Å². The van der Waals surface area contributed by atoms with Gasteiger partial charge in [0, 0.05) is 23.1 Å². The Hall–Kier alpha value is -2.50. The van der Waals surface area contributed by atoms with E-state index in [2.05, 4.69) is 18.7 Å². The van der Waals surface area contributed by atoms with Gasteiger partial charge in [-0.2, -0.15) is 0 Å². The molecule has 0 spiro atoms. The fraction of sp³-hybridized carbons (Fsp3) is 0.333. The number of amides is 1. The van der Waals surface area contributed by atoms with Gasteiger partial charge in [0.25, 0.3) is 5.91 Å². The van der Waals surface area contributed by atoms with Crippen molar-refractivity contribution in [1.29, 1.82) is 0 Å². The van der Waals surface area contributed by atoms with Gasteiger partial charge in [0.15, 0.2) is 5.13 Å². The Kier molecular flexibility index (Phi) is 7.55. The predicted octanol–water partition coefficient (Wildman–Crippen LogP) is 5.50. The third-order valence-electron chi connectivity index (χ3n) is 5.16. The van der Waals surface area contributed by atoms with Gasteiger partial charge in [0.1, 0.15) is 0 Å². The fourth-order valence-electron chi connectivity index (χ4n) is 3.36. The number of carbonyl (C=O) groups is 1. The van der Waals surface area contributed by atoms with Crippen LogP contribution >= 0.6 is 11.3 Å². The Morgan fingerprint density at radius 2 is 1.66 bits per heavy atom. The monoisotopic (exact) mass is 407 g/mol. The molecule has 0 aliphatic carbocycles. The summed E-state index contributed by atoms with van der Waals surface area (Å²) in [5, 5.41) is 2.80. The van der Waals surface area contributed by atoms with Gasteiger partial charge in [-0.1, -0.05) is 62.4 Å². The Bertz CT molecular complexity index is 919. The number of carbonyl (C=O) groups excluding carboxylic acids is 1. The lowest BCUT2D eigenvalue weighted by Crippen LogP contribution is -2.35. The highest BCUT2D eigenvalue weighted by Gasteiger charge is 2.22. The average molecular weight is 408 g/mol. The lowest BCUT2D eigenvalue weighted by molar-refractivity contribution is 0.0985. The van der Waals surface area contributed by atoms with Crippen molar-refractivity contribution in [2.24, 2.45) is 0 Å². The molecule has 0 atom stereocenters. The number of anilines is 1. The maximum Gasteiger partial charge on any atom is 0.260 e. The first kappa shape index (κ1) is 21.2. The first-order chi connectivity index (χ1) is 14.1. The molecule has 0 unspecified atom stereocenters. The van der Waals surface area contributed by atoms with Crippen LogP contribution in [0.15, 0.2) is 60.0 Å². The zero-order chi connectivity index (χ0) is 20.6. The molecule has 5 heteroatoms. The van der Waals surface area contributed by atoms with Crippen molar-refractivity contribution >= 4 is 22.4 Å². The van der Waals surface area contributed by atoms with E-state index in [-0.39, 0.29) is 5.91 Å². The first-order valence-electron chi connectivity index (χ1n) is 10.2. The van der Waals surface area contributed by atoms with Gasteiger partial charge < -0.3 is 4.90 Å². The number of rotatable bonds is 9. The molecular formula is C24H29N3OS. The summed E-state index contributed by atoms with van der Waals surface area (Å²) in [6.07, 6.45) is 0.916. The SMILES string of the molecule is CCN(CC)CCCN(C(=O)c1ccccc1C)c1nc(-c2ccccc2)cs1. The highest BCUT2D eigenvalue weighted by atomic mass is 32.1. The van der Waals surface area contributed by atoms with Gasteiger partial charge in [0.05, 0.1) is 5.69 Å². The van der Waals surface area contributed by atoms with Crippen LogP contribution in [0.25, 0.3) is 11.3 Å². The molecule has 1 aromatic heterocycles. The average Bonchev–Trinajstić information content (AvgIpc) is 3.24. The summed E-state index contributed by atoms with van der Waals surface area (Å²) < 4.78 is 0. The van der Waals surface area contributed by atoms with Gasteiger partial charge >= 0.3 is 0 Å². The van der Waals surface area contributed by atoms with E-state index in [0.29, 0.717) is 6.54 Å². The Balaban J connectivity index is 1.85. The number of benzene rings is 2. The van der Waals surface area contributed by atoms with Gasteiger partial charge in [-0.05, 0) is 44.6 Å². The third-order valence-corrected chi connectivity index (χ3v) is 6.03. The smallest absolute Gasteiger partial charge is 0.260 e. The van der Waals surface area contributed by atoms with Crippen LogP contribution in [0.4, 0.5) is 5.13 Å². The van der Waals surface area contributed by atoms with Crippen molar-refractivity contribution in [3.63, 3.8) is 0 Å². The Labute approximate surface area is 177 Å². The summed E-state index contributed by atoms with van der Waals surface area (Å²) in [6.45, 7) is 10.0. The summed E-state index contributed by atoms with van der Waals surface area (Å²) in [7, 11) is 0. The molecule has 1 amide bonds. The van der Waals surface area contributed by atoms with Crippen LogP contribution in [0, 0.1) is 6.92 Å². The first-order valence-corrected chi connectivity index (χ1v) is 11.1. The Morgan fingerprint density at radius 3 is 2.34 bits per heavy atom. The summed E-state index contributed by atoms with van der Waals surface area (Å²) in [5.74, 6) is 0.0246. The fourth-order valence-corrected chi connectivity index (χ4v) is 4.22. The standard InChI is InChI=1S/C24H29N3OS/c1-4-26(5-2)16-11-17-27(23(28)21-15-10-9-12-19(21)3)24-25-22(18-29-24)20-13-7-6-8-14-20/h6-10,12-15,18H,4-5,11,16-17H2,1-3H3. The highest BCUT2D eigenvalue weighted by Crippen LogP contribution is 2.29. The normalized spacial score (nSPS) is 11.0. The molecule has 3 rings (SSSR count). The minimum absolute atomic E-state index is 0.0246. The van der Waals surface area contributed by atoms with E-state index in [1.165, 1.54) is 11.3 Å². The molecule has 0 aliphatic rings. The highest BCUT2D eigenvalue weighted by molar-refractivity contribution is 7.14. The van der Waals surface area contributed by atoms with Gasteiger partial charge in [0.2, 0.25) is 0 Å². The summed E-state index contributed by atoms with van der Waals surface area (Å²) in [4.78, 5) is 22.4. The molecular weight excluding hydrogens is 378 g/mol. The molecule has 152 valence electrons. The van der Waals surface area contributed by atoms with E-state index in [1.807, 2.05) is 71.8 Å². The zero-order valence-corrected chi connectivity index (χ0v) is 18.3. The summed E-state index contributed by atoms with van der Waals surface area (Å²) >= 11 is 1.53. The Morgan fingerprint density at radius 1 is 0.966 bits per heavy atom. The molecule has 0 aliphatic heterocycles. The summed E-state index contributed by atoms with van der Waals surface area (Å²) in [5.41, 5.74) is 3.72. The molecule has 0 fully saturated rings. The molecule has 2 aromatic carbocycles. The second kappa shape index (κ2) is 10.3. The number of thiazole rings is 1. The zero-order valence-electron chi connectivity index (χ0n) is 17.5. The quantitative estimate of drug-likeness (QED) is 0.470. The van der Waals surface area contributed by atoms with E-state index in [9.17, 15) is 4.79 Å². The minimum Gasteiger partial charge on any atom is -0.304 e. The maximum atomic E-state index is 13.4. The predicted molar refractivity (Wildman–Crippen MR) is 123 cm³/mol. The van der Waals surface area contributed by atoms with E-state index < -0.39 is 0 Å². The molecule has 4 nitrogen and oxygen atoms in total. The van der Waals surface area contributed by atoms with Crippen LogP contribution in [0.3, 0.4) is 0 Å². The lowest BCUT2D eigenvalue weighted by atomic mass is 10.1. The van der Waals surface area contributed by atoms with Gasteiger partial charge in [-0.15, -0.1) is 11.3 Å². The molecule has 29 heavy (non-hydrogen) atoms. The van der Waals surface area contributed by atoms with Gasteiger partial charge in [-0.25, -0.2) is 4.98 Å². The van der Waals surface area contributed by atoms with Crippen LogP contribution in [-0.2, 0) is 0 Å². The van der Waals surface area contributed by atoms with Gasteiger partial charge in [-0.3, -0.25) is 9.69 Å². The molecule has 0 bridgehead atoms. The second-order valence-electron chi connectivity index (χ2n) is 7.03. The second-order valence-corrected chi connectivity index (χ2v) is 7.87. The number of aryl methyl sites for hydroxylation is 1. The number of aromatic nitrogens is 1.